The number of halogens is 6. The van der Waals surface area contributed by atoms with Crippen LogP contribution in [0.2, 0.25) is 0 Å². The minimum atomic E-state index is -5.19. The third-order valence-corrected chi connectivity index (χ3v) is 9.26. The van der Waals surface area contributed by atoms with Gasteiger partial charge in [-0.1, -0.05) is 54.6 Å². The van der Waals surface area contributed by atoms with Crippen molar-refractivity contribution < 1.29 is 26.3 Å². The number of rotatable bonds is 3. The smallest absolute Gasteiger partial charge is 0.308 e. The summed E-state index contributed by atoms with van der Waals surface area (Å²) in [4.78, 5) is 0. The summed E-state index contributed by atoms with van der Waals surface area (Å²) in [6.07, 6.45) is -10.2. The zero-order valence-electron chi connectivity index (χ0n) is 26.5. The van der Waals surface area contributed by atoms with Crippen molar-refractivity contribution in [2.24, 2.45) is 0 Å². The van der Waals surface area contributed by atoms with E-state index in [0.717, 1.165) is 16.8 Å². The third-order valence-electron chi connectivity index (χ3n) is 9.26. The average Bonchev–Trinajstić information content (AvgIpc) is 3.65. The maximum Gasteiger partial charge on any atom is 0.417 e. The molecule has 5 nitrogen and oxygen atoms in total. The second-order valence-electron chi connectivity index (χ2n) is 12.1. The van der Waals surface area contributed by atoms with Crippen LogP contribution >= 0.6 is 0 Å². The number of benzene rings is 6. The standard InChI is InChI=1S/C41H19F6N5/c42-40(43,44)26-11-14-27(33(19-26)41(45,46)47)25-17-38(51-34-7-3-1-5-28(34)30-12-9-23(20-48)15-36(30)51)32(22-50)39(18-25)52-35-8-4-2-6-29(35)31-13-10-24(21-49)16-37(31)52/h1-19H. The lowest BCUT2D eigenvalue weighted by molar-refractivity contribution is -0.142. The van der Waals surface area contributed by atoms with Crippen molar-refractivity contribution >= 4 is 43.6 Å². The average molecular weight is 696 g/mol. The number of nitrogens with zero attached hydrogens (tertiary/aromatic N) is 5. The molecule has 0 saturated heterocycles. The quantitative estimate of drug-likeness (QED) is 0.173. The summed E-state index contributed by atoms with van der Waals surface area (Å²) < 4.78 is 88.7. The lowest BCUT2D eigenvalue weighted by Crippen LogP contribution is -2.12. The van der Waals surface area contributed by atoms with Crippen LogP contribution in [0.25, 0.3) is 66.1 Å². The van der Waals surface area contributed by atoms with Crippen molar-refractivity contribution in [3.8, 4) is 40.7 Å². The Kier molecular flexibility index (Phi) is 7.13. The molecule has 0 aliphatic heterocycles. The van der Waals surface area contributed by atoms with E-state index in [1.807, 2.05) is 12.1 Å². The lowest BCUT2D eigenvalue weighted by Gasteiger charge is -2.21. The van der Waals surface area contributed by atoms with E-state index in [1.165, 1.54) is 12.1 Å². The zero-order valence-corrected chi connectivity index (χ0v) is 26.5. The van der Waals surface area contributed by atoms with Gasteiger partial charge in [-0.25, -0.2) is 0 Å². The Morgan fingerprint density at radius 3 is 1.38 bits per heavy atom. The Labute approximate surface area is 290 Å². The molecule has 2 heterocycles. The van der Waals surface area contributed by atoms with Crippen molar-refractivity contribution in [3.63, 3.8) is 0 Å². The Morgan fingerprint density at radius 1 is 0.462 bits per heavy atom. The predicted molar refractivity (Wildman–Crippen MR) is 185 cm³/mol. The van der Waals surface area contributed by atoms with Crippen LogP contribution < -0.4 is 0 Å². The minimum absolute atomic E-state index is 0.0271. The molecule has 0 atom stereocenters. The van der Waals surface area contributed by atoms with Crippen LogP contribution in [0, 0.1) is 34.0 Å². The number of para-hydroxylation sites is 2. The fraction of sp³-hybridized carbons (Fsp3) is 0.0488. The SMILES string of the molecule is N#Cc1ccc2c3ccccc3n(-c3cc(-c4ccc(C(F)(F)F)cc4C(F)(F)F)cc(-n4c5ccccc5c5ccc(C#N)cc54)c3C#N)c2c1. The van der Waals surface area contributed by atoms with E-state index in [1.54, 1.807) is 81.9 Å². The maximum absolute atomic E-state index is 14.7. The maximum atomic E-state index is 14.7. The molecule has 0 amide bonds. The summed E-state index contributed by atoms with van der Waals surface area (Å²) in [7, 11) is 0. The van der Waals surface area contributed by atoms with E-state index < -0.39 is 29.0 Å². The van der Waals surface area contributed by atoms with E-state index in [-0.39, 0.29) is 28.6 Å². The lowest BCUT2D eigenvalue weighted by atomic mass is 9.94. The molecule has 0 saturated carbocycles. The third kappa shape index (κ3) is 4.93. The summed E-state index contributed by atoms with van der Waals surface area (Å²) in [5.74, 6) is 0. The molecule has 0 spiro atoms. The van der Waals surface area contributed by atoms with Crippen molar-refractivity contribution in [1.82, 2.24) is 9.13 Å². The summed E-state index contributed by atoms with van der Waals surface area (Å²) in [6, 6.07) is 35.0. The summed E-state index contributed by atoms with van der Waals surface area (Å²) in [5.41, 5.74) is -0.636. The number of hydrogen-bond acceptors (Lipinski definition) is 3. The number of alkyl halides is 6. The summed E-state index contributed by atoms with van der Waals surface area (Å²) >= 11 is 0. The first-order valence-corrected chi connectivity index (χ1v) is 15.7. The van der Waals surface area contributed by atoms with Gasteiger partial charge in [-0.05, 0) is 71.8 Å². The zero-order chi connectivity index (χ0) is 36.5. The number of aromatic nitrogens is 2. The molecular formula is C41H19F6N5. The molecule has 52 heavy (non-hydrogen) atoms. The molecule has 0 aliphatic carbocycles. The van der Waals surface area contributed by atoms with Gasteiger partial charge in [-0.15, -0.1) is 0 Å². The van der Waals surface area contributed by atoms with Crippen molar-refractivity contribution in [3.05, 3.63) is 143 Å². The molecule has 8 rings (SSSR count). The molecule has 0 aliphatic rings. The molecule has 11 heteroatoms. The minimum Gasteiger partial charge on any atom is -0.308 e. The van der Waals surface area contributed by atoms with Crippen LogP contribution in [0.5, 0.6) is 0 Å². The van der Waals surface area contributed by atoms with Crippen molar-refractivity contribution in [2.45, 2.75) is 12.4 Å². The predicted octanol–water partition coefficient (Wildman–Crippen LogP) is 11.2. The Morgan fingerprint density at radius 2 is 0.942 bits per heavy atom. The highest BCUT2D eigenvalue weighted by Crippen LogP contribution is 2.45. The molecule has 0 bridgehead atoms. The normalized spacial score (nSPS) is 12.0. The number of fused-ring (bicyclic) bond motifs is 6. The first-order chi connectivity index (χ1) is 24.9. The van der Waals surface area contributed by atoms with E-state index in [2.05, 4.69) is 18.2 Å². The molecule has 6 aromatic carbocycles. The Hall–Kier alpha value is -7.03. The fourth-order valence-electron chi connectivity index (χ4n) is 7.04. The monoisotopic (exact) mass is 695 g/mol. The largest absolute Gasteiger partial charge is 0.417 e. The molecule has 8 aromatic rings. The Balaban J connectivity index is 1.59. The van der Waals surface area contributed by atoms with Gasteiger partial charge in [0, 0.05) is 21.5 Å². The van der Waals surface area contributed by atoms with Gasteiger partial charge in [0.15, 0.2) is 0 Å². The highest BCUT2D eigenvalue weighted by Gasteiger charge is 2.39. The molecule has 0 fully saturated rings. The molecule has 0 N–H and O–H groups in total. The van der Waals surface area contributed by atoms with Gasteiger partial charge in [-0.3, -0.25) is 0 Å². The second kappa shape index (κ2) is 11.5. The molecule has 2 aromatic heterocycles. The molecule has 0 unspecified atom stereocenters. The van der Waals surface area contributed by atoms with Crippen LogP contribution in [0.3, 0.4) is 0 Å². The number of nitriles is 3. The summed E-state index contributed by atoms with van der Waals surface area (Å²) in [6.45, 7) is 0. The van der Waals surface area contributed by atoms with E-state index in [9.17, 15) is 42.1 Å². The second-order valence-corrected chi connectivity index (χ2v) is 12.1. The van der Waals surface area contributed by atoms with Crippen LogP contribution in [-0.2, 0) is 12.4 Å². The van der Waals surface area contributed by atoms with Gasteiger partial charge >= 0.3 is 12.4 Å². The molecule has 0 radical (unpaired) electrons. The molecular weight excluding hydrogens is 676 g/mol. The van der Waals surface area contributed by atoms with Crippen LogP contribution in [0.15, 0.2) is 115 Å². The Bertz CT molecular complexity index is 2770. The first kappa shape index (κ1) is 32.2. The van der Waals surface area contributed by atoms with E-state index >= 15 is 0 Å². The van der Waals surface area contributed by atoms with Gasteiger partial charge in [0.25, 0.3) is 0 Å². The van der Waals surface area contributed by atoms with Crippen molar-refractivity contribution in [2.75, 3.05) is 0 Å². The van der Waals surface area contributed by atoms with Gasteiger partial charge in [-0.2, -0.15) is 42.1 Å². The highest BCUT2D eigenvalue weighted by atomic mass is 19.4. The van der Waals surface area contributed by atoms with E-state index in [0.29, 0.717) is 50.0 Å². The fourth-order valence-corrected chi connectivity index (χ4v) is 7.04. The molecule has 250 valence electrons. The van der Waals surface area contributed by atoms with Gasteiger partial charge in [0.2, 0.25) is 0 Å². The van der Waals surface area contributed by atoms with Crippen LogP contribution in [-0.4, -0.2) is 9.13 Å². The van der Waals surface area contributed by atoms with Crippen LogP contribution in [0.1, 0.15) is 27.8 Å². The highest BCUT2D eigenvalue weighted by molar-refractivity contribution is 6.11. The number of hydrogen-bond donors (Lipinski definition) is 0. The summed E-state index contributed by atoms with van der Waals surface area (Å²) in [5, 5.41) is 33.4. The van der Waals surface area contributed by atoms with Gasteiger partial charge < -0.3 is 9.13 Å². The van der Waals surface area contributed by atoms with Crippen molar-refractivity contribution in [1.29, 1.82) is 15.8 Å². The van der Waals surface area contributed by atoms with E-state index in [4.69, 9.17) is 0 Å². The van der Waals surface area contributed by atoms with Crippen LogP contribution in [0.4, 0.5) is 26.3 Å². The topological polar surface area (TPSA) is 81.2 Å². The van der Waals surface area contributed by atoms with Gasteiger partial charge in [0.1, 0.15) is 11.6 Å². The first-order valence-electron chi connectivity index (χ1n) is 15.7. The van der Waals surface area contributed by atoms with Gasteiger partial charge in [0.05, 0.1) is 67.8 Å².